The summed E-state index contributed by atoms with van der Waals surface area (Å²) in [5.74, 6) is 0.181. The summed E-state index contributed by atoms with van der Waals surface area (Å²) >= 11 is 6.60. The van der Waals surface area contributed by atoms with Crippen LogP contribution in [0.15, 0.2) is 45.6 Å². The van der Waals surface area contributed by atoms with Gasteiger partial charge in [-0.25, -0.2) is 0 Å². The number of hydrogen-bond acceptors (Lipinski definition) is 3. The van der Waals surface area contributed by atoms with E-state index in [9.17, 15) is 4.79 Å². The van der Waals surface area contributed by atoms with Gasteiger partial charge in [0, 0.05) is 15.6 Å². The fraction of sp³-hybridized carbons (Fsp3) is 0.0714. The normalized spacial score (nSPS) is 10.9. The average Bonchev–Trinajstić information content (AvgIpc) is 2.97. The molecule has 0 amide bonds. The summed E-state index contributed by atoms with van der Waals surface area (Å²) in [4.78, 5) is 13.0. The van der Waals surface area contributed by atoms with Gasteiger partial charge in [0.05, 0.1) is 4.88 Å². The fourth-order valence-corrected chi connectivity index (χ4v) is 4.41. The maximum absolute atomic E-state index is 12.2. The Morgan fingerprint density at radius 2 is 2.00 bits per heavy atom. The molecule has 0 aliphatic rings. The third-order valence-corrected chi connectivity index (χ3v) is 5.67. The highest BCUT2D eigenvalue weighted by Crippen LogP contribution is 2.29. The molecular weight excluding hydrogens is 328 g/mol. The van der Waals surface area contributed by atoms with E-state index in [1.54, 1.807) is 11.3 Å². The lowest BCUT2D eigenvalue weighted by Gasteiger charge is -1.98. The zero-order chi connectivity index (χ0) is 12.5. The number of hydrogen-bond donors (Lipinski definition) is 0. The molecule has 4 heteroatoms. The predicted octanol–water partition coefficient (Wildman–Crippen LogP) is 5.15. The number of rotatable bonds is 3. The molecule has 0 aliphatic carbocycles. The minimum atomic E-state index is 0.181. The summed E-state index contributed by atoms with van der Waals surface area (Å²) in [7, 11) is 0. The zero-order valence-electron chi connectivity index (χ0n) is 9.35. The van der Waals surface area contributed by atoms with Gasteiger partial charge in [-0.2, -0.15) is 0 Å². The topological polar surface area (TPSA) is 17.1 Å². The second kappa shape index (κ2) is 4.96. The molecule has 0 saturated carbocycles. The number of Topliss-reactive ketones (excluding diaryl/α,β-unsaturated/α-hetero) is 1. The van der Waals surface area contributed by atoms with Gasteiger partial charge in [0.25, 0.3) is 0 Å². The number of thiophene rings is 2. The lowest BCUT2D eigenvalue weighted by molar-refractivity contribution is 0.0996. The van der Waals surface area contributed by atoms with E-state index < -0.39 is 0 Å². The van der Waals surface area contributed by atoms with Crippen molar-refractivity contribution in [3.8, 4) is 0 Å². The summed E-state index contributed by atoms with van der Waals surface area (Å²) in [6.07, 6.45) is 0.475. The quantitative estimate of drug-likeness (QED) is 0.604. The van der Waals surface area contributed by atoms with Gasteiger partial charge >= 0.3 is 0 Å². The van der Waals surface area contributed by atoms with Gasteiger partial charge in [-0.1, -0.05) is 18.2 Å². The van der Waals surface area contributed by atoms with Crippen molar-refractivity contribution in [2.75, 3.05) is 0 Å². The molecule has 0 fully saturated rings. The van der Waals surface area contributed by atoms with E-state index in [4.69, 9.17) is 0 Å². The van der Waals surface area contributed by atoms with Crippen molar-refractivity contribution in [1.29, 1.82) is 0 Å². The molecule has 0 atom stereocenters. The summed E-state index contributed by atoms with van der Waals surface area (Å²) in [6.45, 7) is 0. The first-order chi connectivity index (χ1) is 8.75. The van der Waals surface area contributed by atoms with Crippen molar-refractivity contribution in [3.05, 3.63) is 56.0 Å². The van der Waals surface area contributed by atoms with E-state index in [-0.39, 0.29) is 5.78 Å². The van der Waals surface area contributed by atoms with Crippen LogP contribution in [0.5, 0.6) is 0 Å². The number of ketones is 1. The lowest BCUT2D eigenvalue weighted by atomic mass is 10.1. The number of benzene rings is 1. The van der Waals surface area contributed by atoms with E-state index in [1.807, 2.05) is 23.6 Å². The Morgan fingerprint density at radius 3 is 2.78 bits per heavy atom. The molecule has 0 bridgehead atoms. The molecule has 2 aromatic heterocycles. The van der Waals surface area contributed by atoms with Crippen LogP contribution in [0.2, 0.25) is 0 Å². The molecule has 90 valence electrons. The lowest BCUT2D eigenvalue weighted by Crippen LogP contribution is -2.01. The van der Waals surface area contributed by atoms with Crippen LogP contribution in [0.1, 0.15) is 15.2 Å². The Morgan fingerprint density at radius 1 is 1.17 bits per heavy atom. The second-order valence-corrected chi connectivity index (χ2v) is 6.64. The van der Waals surface area contributed by atoms with Crippen LogP contribution >= 0.6 is 38.6 Å². The molecule has 0 aliphatic heterocycles. The van der Waals surface area contributed by atoms with Gasteiger partial charge < -0.3 is 0 Å². The number of carbonyl (C=O) groups excluding carboxylic acids is 1. The minimum Gasteiger partial charge on any atom is -0.293 e. The summed E-state index contributed by atoms with van der Waals surface area (Å²) < 4.78 is 2.14. The van der Waals surface area contributed by atoms with Crippen LogP contribution in [-0.4, -0.2) is 5.78 Å². The molecular formula is C14H9BrOS2. The Labute approximate surface area is 121 Å². The second-order valence-electron chi connectivity index (χ2n) is 3.95. The van der Waals surface area contributed by atoms with Crippen LogP contribution in [0.4, 0.5) is 0 Å². The molecule has 0 N–H and O–H groups in total. The standard InChI is InChI=1S/C14H9BrOS2/c15-11-5-6-17-14(11)12(16)7-9-8-18-13-4-2-1-3-10(9)13/h1-6,8H,7H2. The van der Waals surface area contributed by atoms with Crippen molar-refractivity contribution in [3.63, 3.8) is 0 Å². The first kappa shape index (κ1) is 12.1. The highest BCUT2D eigenvalue weighted by molar-refractivity contribution is 9.10. The highest BCUT2D eigenvalue weighted by Gasteiger charge is 2.14. The predicted molar refractivity (Wildman–Crippen MR) is 81.9 cm³/mol. The highest BCUT2D eigenvalue weighted by atomic mass is 79.9. The molecule has 2 heterocycles. The summed E-state index contributed by atoms with van der Waals surface area (Å²) in [6, 6.07) is 10.1. The zero-order valence-corrected chi connectivity index (χ0v) is 12.6. The van der Waals surface area contributed by atoms with Crippen molar-refractivity contribution in [1.82, 2.24) is 0 Å². The van der Waals surface area contributed by atoms with Crippen molar-refractivity contribution in [2.45, 2.75) is 6.42 Å². The Bertz CT molecular complexity index is 711. The molecule has 0 radical (unpaired) electrons. The van der Waals surface area contributed by atoms with E-state index in [1.165, 1.54) is 21.4 Å². The van der Waals surface area contributed by atoms with Gasteiger partial charge in [0.2, 0.25) is 0 Å². The van der Waals surface area contributed by atoms with Gasteiger partial charge in [-0.3, -0.25) is 4.79 Å². The fourth-order valence-electron chi connectivity index (χ4n) is 1.92. The number of halogens is 1. The smallest absolute Gasteiger partial charge is 0.178 e. The molecule has 3 aromatic rings. The Hall–Kier alpha value is -0.970. The summed E-state index contributed by atoms with van der Waals surface area (Å²) in [5.41, 5.74) is 1.13. The van der Waals surface area contributed by atoms with E-state index in [0.29, 0.717) is 6.42 Å². The van der Waals surface area contributed by atoms with Crippen LogP contribution in [0.3, 0.4) is 0 Å². The molecule has 18 heavy (non-hydrogen) atoms. The van der Waals surface area contributed by atoms with Gasteiger partial charge in [0.15, 0.2) is 5.78 Å². The Balaban J connectivity index is 1.93. The third-order valence-electron chi connectivity index (χ3n) is 2.78. The average molecular weight is 337 g/mol. The minimum absolute atomic E-state index is 0.181. The van der Waals surface area contributed by atoms with Crippen molar-refractivity contribution < 1.29 is 4.79 Å². The molecule has 3 rings (SSSR count). The van der Waals surface area contributed by atoms with Crippen LogP contribution in [-0.2, 0) is 6.42 Å². The first-order valence-corrected chi connectivity index (χ1v) is 8.02. The van der Waals surface area contributed by atoms with Gasteiger partial charge in [-0.15, -0.1) is 22.7 Å². The molecule has 0 spiro atoms. The largest absolute Gasteiger partial charge is 0.293 e. The number of fused-ring (bicyclic) bond motifs is 1. The monoisotopic (exact) mass is 336 g/mol. The van der Waals surface area contributed by atoms with Crippen LogP contribution < -0.4 is 0 Å². The SMILES string of the molecule is O=C(Cc1csc2ccccc12)c1sccc1Br. The molecule has 0 saturated heterocycles. The first-order valence-electron chi connectivity index (χ1n) is 5.47. The maximum atomic E-state index is 12.2. The van der Waals surface area contributed by atoms with Crippen LogP contribution in [0, 0.1) is 0 Å². The maximum Gasteiger partial charge on any atom is 0.178 e. The van der Waals surface area contributed by atoms with E-state index >= 15 is 0 Å². The Kier molecular flexibility index (Phi) is 3.33. The molecule has 0 unspecified atom stereocenters. The number of carbonyl (C=O) groups is 1. The molecule has 1 aromatic carbocycles. The van der Waals surface area contributed by atoms with E-state index in [0.717, 1.165) is 14.9 Å². The third kappa shape index (κ3) is 2.16. The van der Waals surface area contributed by atoms with Gasteiger partial charge in [0.1, 0.15) is 0 Å². The molecule has 1 nitrogen and oxygen atoms in total. The van der Waals surface area contributed by atoms with Gasteiger partial charge in [-0.05, 0) is 49.8 Å². The van der Waals surface area contributed by atoms with Crippen LogP contribution in [0.25, 0.3) is 10.1 Å². The van der Waals surface area contributed by atoms with Crippen molar-refractivity contribution >= 4 is 54.5 Å². The summed E-state index contributed by atoms with van der Waals surface area (Å²) in [5, 5.41) is 5.22. The van der Waals surface area contributed by atoms with E-state index in [2.05, 4.69) is 33.4 Å². The van der Waals surface area contributed by atoms with Crippen molar-refractivity contribution in [2.24, 2.45) is 0 Å².